The maximum atomic E-state index is 11.3. The molecule has 1 aromatic carbocycles. The van der Waals surface area contributed by atoms with Crippen LogP contribution in [-0.4, -0.2) is 14.3 Å². The van der Waals surface area contributed by atoms with Crippen molar-refractivity contribution in [3.05, 3.63) is 23.2 Å². The van der Waals surface area contributed by atoms with Crippen LogP contribution in [0.4, 0.5) is 5.69 Å². The van der Waals surface area contributed by atoms with Gasteiger partial charge in [0, 0.05) is 6.42 Å². The van der Waals surface area contributed by atoms with Crippen molar-refractivity contribution in [1.82, 2.24) is 0 Å². The zero-order valence-corrected chi connectivity index (χ0v) is 10.8. The fraction of sp³-hybridized carbons (Fsp3) is 0.300. The summed E-state index contributed by atoms with van der Waals surface area (Å²) in [5.41, 5.74) is 0.373. The number of nitrogens with two attached hydrogens (primary N) is 1. The molecule has 0 atom stereocenters. The molecule has 0 radical (unpaired) electrons. The molecule has 17 heavy (non-hydrogen) atoms. The molecule has 0 aromatic heterocycles. The maximum Gasteiger partial charge on any atom is 0.238 e. The summed E-state index contributed by atoms with van der Waals surface area (Å²) in [6.45, 7) is 1.88. The third-order valence-corrected chi connectivity index (χ3v) is 3.24. The van der Waals surface area contributed by atoms with Gasteiger partial charge in [-0.3, -0.25) is 4.79 Å². The van der Waals surface area contributed by atoms with Gasteiger partial charge in [-0.2, -0.15) is 0 Å². The van der Waals surface area contributed by atoms with Crippen LogP contribution in [0.5, 0.6) is 0 Å². The fourth-order valence-corrected chi connectivity index (χ4v) is 2.05. The minimum Gasteiger partial charge on any atom is -0.325 e. The zero-order chi connectivity index (χ0) is 13.1. The van der Waals surface area contributed by atoms with Gasteiger partial charge >= 0.3 is 0 Å². The summed E-state index contributed by atoms with van der Waals surface area (Å²) in [4.78, 5) is 11.2. The zero-order valence-electron chi connectivity index (χ0n) is 9.23. The summed E-state index contributed by atoms with van der Waals surface area (Å²) in [5, 5.41) is 7.67. The first-order valence-corrected chi connectivity index (χ1v) is 6.89. The molecule has 1 rings (SSSR count). The van der Waals surface area contributed by atoms with Crippen LogP contribution in [0.2, 0.25) is 5.02 Å². The van der Waals surface area contributed by atoms with E-state index in [0.717, 1.165) is 6.42 Å². The van der Waals surface area contributed by atoms with Crippen molar-refractivity contribution < 1.29 is 13.2 Å². The first-order chi connectivity index (χ1) is 7.84. The molecular formula is C10H13ClN2O3S. The Morgan fingerprint density at radius 1 is 1.47 bits per heavy atom. The second-order valence-electron chi connectivity index (χ2n) is 3.48. The highest BCUT2D eigenvalue weighted by Gasteiger charge is 2.11. The van der Waals surface area contributed by atoms with Crippen molar-refractivity contribution >= 4 is 33.2 Å². The smallest absolute Gasteiger partial charge is 0.238 e. The number of sulfonamides is 1. The predicted molar refractivity (Wildman–Crippen MR) is 66.4 cm³/mol. The third-order valence-electron chi connectivity index (χ3n) is 2.02. The van der Waals surface area contributed by atoms with Crippen LogP contribution in [0, 0.1) is 0 Å². The van der Waals surface area contributed by atoms with Gasteiger partial charge in [-0.15, -0.1) is 0 Å². The topological polar surface area (TPSA) is 89.3 Å². The summed E-state index contributed by atoms with van der Waals surface area (Å²) in [6.07, 6.45) is 1.10. The van der Waals surface area contributed by atoms with Crippen molar-refractivity contribution in [3.8, 4) is 0 Å². The summed E-state index contributed by atoms with van der Waals surface area (Å²) in [6, 6.07) is 3.91. The Balaban J connectivity index is 2.95. The van der Waals surface area contributed by atoms with E-state index in [0.29, 0.717) is 12.1 Å². The predicted octanol–water partition coefficient (Wildman–Crippen LogP) is 1.73. The van der Waals surface area contributed by atoms with E-state index in [1.165, 1.54) is 18.2 Å². The highest BCUT2D eigenvalue weighted by molar-refractivity contribution is 7.89. The van der Waals surface area contributed by atoms with E-state index in [1.807, 2.05) is 6.92 Å². The van der Waals surface area contributed by atoms with Crippen molar-refractivity contribution in [3.63, 3.8) is 0 Å². The average Bonchev–Trinajstić information content (AvgIpc) is 2.20. The second kappa shape index (κ2) is 5.48. The van der Waals surface area contributed by atoms with E-state index in [9.17, 15) is 13.2 Å². The highest BCUT2D eigenvalue weighted by atomic mass is 35.5. The fourth-order valence-electron chi connectivity index (χ4n) is 1.21. The Hall–Kier alpha value is -1.11. The Morgan fingerprint density at radius 3 is 2.59 bits per heavy atom. The van der Waals surface area contributed by atoms with Crippen LogP contribution < -0.4 is 10.5 Å². The molecule has 5 nitrogen and oxygen atoms in total. The Labute approximate surface area is 105 Å². The average molecular weight is 277 g/mol. The lowest BCUT2D eigenvalue weighted by Crippen LogP contribution is -2.14. The number of hydrogen-bond donors (Lipinski definition) is 2. The van der Waals surface area contributed by atoms with E-state index in [-0.39, 0.29) is 15.8 Å². The minimum absolute atomic E-state index is 0.0870. The van der Waals surface area contributed by atoms with Gasteiger partial charge in [0.25, 0.3) is 0 Å². The summed E-state index contributed by atoms with van der Waals surface area (Å²) in [7, 11) is -3.78. The van der Waals surface area contributed by atoms with Crippen LogP contribution in [-0.2, 0) is 14.8 Å². The normalized spacial score (nSPS) is 11.2. The van der Waals surface area contributed by atoms with E-state index in [4.69, 9.17) is 16.7 Å². The molecule has 0 saturated carbocycles. The molecule has 0 bridgehead atoms. The van der Waals surface area contributed by atoms with Crippen molar-refractivity contribution in [2.45, 2.75) is 24.7 Å². The molecule has 0 saturated heterocycles. The van der Waals surface area contributed by atoms with Gasteiger partial charge in [0.2, 0.25) is 15.9 Å². The molecule has 1 aromatic rings. The van der Waals surface area contributed by atoms with E-state index < -0.39 is 10.0 Å². The number of anilines is 1. The molecule has 0 aliphatic carbocycles. The number of carbonyl (C=O) groups excluding carboxylic acids is 1. The van der Waals surface area contributed by atoms with Crippen LogP contribution in [0.25, 0.3) is 0 Å². The van der Waals surface area contributed by atoms with Crippen LogP contribution in [0.1, 0.15) is 19.8 Å². The van der Waals surface area contributed by atoms with Gasteiger partial charge < -0.3 is 5.32 Å². The Bertz CT molecular complexity index is 528. The molecule has 0 unspecified atom stereocenters. The van der Waals surface area contributed by atoms with Gasteiger partial charge in [0.15, 0.2) is 0 Å². The van der Waals surface area contributed by atoms with Crippen molar-refractivity contribution in [1.29, 1.82) is 0 Å². The molecular weight excluding hydrogens is 264 g/mol. The number of rotatable bonds is 4. The summed E-state index contributed by atoms with van der Waals surface area (Å²) in [5.74, 6) is -0.169. The standard InChI is InChI=1S/C10H13ClN2O3S/c1-2-3-10(14)13-9-5-4-7(6-8(9)11)17(12,15)16/h4-6H,2-3H2,1H3,(H,13,14)(H2,12,15,16). The van der Waals surface area contributed by atoms with Crippen LogP contribution in [0.3, 0.4) is 0 Å². The quantitative estimate of drug-likeness (QED) is 0.877. The maximum absolute atomic E-state index is 11.3. The lowest BCUT2D eigenvalue weighted by atomic mass is 10.3. The Morgan fingerprint density at radius 2 is 2.12 bits per heavy atom. The van der Waals surface area contributed by atoms with Gasteiger partial charge in [0.05, 0.1) is 15.6 Å². The highest BCUT2D eigenvalue weighted by Crippen LogP contribution is 2.24. The number of halogens is 1. The molecule has 0 spiro atoms. The number of nitrogens with one attached hydrogen (secondary N) is 1. The largest absolute Gasteiger partial charge is 0.325 e. The minimum atomic E-state index is -3.78. The van der Waals surface area contributed by atoms with E-state index in [2.05, 4.69) is 5.32 Å². The molecule has 0 aliphatic heterocycles. The molecule has 0 aliphatic rings. The lowest BCUT2D eigenvalue weighted by Gasteiger charge is -2.07. The van der Waals surface area contributed by atoms with E-state index in [1.54, 1.807) is 0 Å². The number of hydrogen-bond acceptors (Lipinski definition) is 3. The van der Waals surface area contributed by atoms with Gasteiger partial charge in [-0.25, -0.2) is 13.6 Å². The number of benzene rings is 1. The van der Waals surface area contributed by atoms with Crippen LogP contribution in [0.15, 0.2) is 23.1 Å². The van der Waals surface area contributed by atoms with Gasteiger partial charge in [0.1, 0.15) is 0 Å². The lowest BCUT2D eigenvalue weighted by molar-refractivity contribution is -0.116. The first kappa shape index (κ1) is 14.0. The monoisotopic (exact) mass is 276 g/mol. The first-order valence-electron chi connectivity index (χ1n) is 4.96. The number of amides is 1. The summed E-state index contributed by atoms with van der Waals surface area (Å²) >= 11 is 5.84. The number of primary sulfonamides is 1. The summed E-state index contributed by atoms with van der Waals surface area (Å²) < 4.78 is 22.1. The van der Waals surface area contributed by atoms with Crippen molar-refractivity contribution in [2.24, 2.45) is 5.14 Å². The Kier molecular flexibility index (Phi) is 4.50. The second-order valence-corrected chi connectivity index (χ2v) is 5.45. The molecule has 0 fully saturated rings. The van der Waals surface area contributed by atoms with Crippen LogP contribution >= 0.6 is 11.6 Å². The molecule has 3 N–H and O–H groups in total. The SMILES string of the molecule is CCCC(=O)Nc1ccc(S(N)(=O)=O)cc1Cl. The molecule has 7 heteroatoms. The van der Waals surface area contributed by atoms with Gasteiger partial charge in [-0.05, 0) is 24.6 Å². The molecule has 94 valence electrons. The van der Waals surface area contributed by atoms with Gasteiger partial charge in [-0.1, -0.05) is 18.5 Å². The van der Waals surface area contributed by atoms with Crippen molar-refractivity contribution in [2.75, 3.05) is 5.32 Å². The molecule has 1 amide bonds. The molecule has 0 heterocycles. The van der Waals surface area contributed by atoms with E-state index >= 15 is 0 Å². The number of carbonyl (C=O) groups is 1. The third kappa shape index (κ3) is 3.99.